The molecule has 8 heteroatoms. The van der Waals surface area contributed by atoms with Gasteiger partial charge in [0.1, 0.15) is 17.0 Å². The minimum atomic E-state index is -0.903. The van der Waals surface area contributed by atoms with Crippen LogP contribution in [0.25, 0.3) is 10.9 Å². The highest BCUT2D eigenvalue weighted by Crippen LogP contribution is 2.44. The Morgan fingerprint density at radius 2 is 1.96 bits per heavy atom. The molecule has 0 aliphatic carbocycles. The van der Waals surface area contributed by atoms with Crippen LogP contribution >= 0.6 is 11.8 Å². The first-order chi connectivity index (χ1) is 12.2. The molecule has 1 amide bonds. The van der Waals surface area contributed by atoms with Crippen LogP contribution in [0.15, 0.2) is 35.6 Å². The first-order valence-corrected chi connectivity index (χ1v) is 9.08. The summed E-state index contributed by atoms with van der Waals surface area (Å²) in [6.45, 7) is 6.01. The molecule has 1 aliphatic heterocycles. The van der Waals surface area contributed by atoms with Gasteiger partial charge in [-0.05, 0) is 26.8 Å². The molecule has 0 bridgehead atoms. The van der Waals surface area contributed by atoms with Crippen molar-refractivity contribution in [2.45, 2.75) is 42.6 Å². The Hall–Kier alpha value is -2.35. The molecule has 1 aromatic heterocycles. The number of carboxylic acids is 1. The summed E-state index contributed by atoms with van der Waals surface area (Å²) in [6.07, 6.45) is 0.991. The van der Waals surface area contributed by atoms with E-state index in [4.69, 9.17) is 4.74 Å². The number of carbonyl (C=O) groups excluding carboxylic acids is 1. The fourth-order valence-electron chi connectivity index (χ4n) is 2.86. The maximum atomic E-state index is 12.2. The second kappa shape index (κ2) is 6.75. The predicted octanol–water partition coefficient (Wildman–Crippen LogP) is 3.19. The van der Waals surface area contributed by atoms with Crippen LogP contribution in [0.4, 0.5) is 4.79 Å². The van der Waals surface area contributed by atoms with Gasteiger partial charge in [-0.25, -0.2) is 14.8 Å². The Morgan fingerprint density at radius 3 is 2.62 bits per heavy atom. The summed E-state index contributed by atoms with van der Waals surface area (Å²) in [5.41, 5.74) is 0.219. The van der Waals surface area contributed by atoms with Crippen LogP contribution in [0.2, 0.25) is 0 Å². The Morgan fingerprint density at radius 1 is 1.27 bits per heavy atom. The van der Waals surface area contributed by atoms with Crippen LogP contribution in [-0.2, 0) is 9.53 Å². The van der Waals surface area contributed by atoms with Crippen molar-refractivity contribution in [1.82, 2.24) is 14.9 Å². The van der Waals surface area contributed by atoms with E-state index in [1.54, 1.807) is 20.8 Å². The third-order valence-corrected chi connectivity index (χ3v) is 5.26. The summed E-state index contributed by atoms with van der Waals surface area (Å²) in [4.78, 5) is 33.7. The summed E-state index contributed by atoms with van der Waals surface area (Å²) < 4.78 is 4.74. The zero-order chi connectivity index (χ0) is 18.9. The van der Waals surface area contributed by atoms with Crippen LogP contribution < -0.4 is 0 Å². The number of aliphatic carboxylic acids is 1. The smallest absolute Gasteiger partial charge is 0.410 e. The second-order valence-electron chi connectivity index (χ2n) is 7.39. The number of benzene rings is 1. The minimum absolute atomic E-state index is 0.0602. The first kappa shape index (κ1) is 18.4. The fourth-order valence-corrected chi connectivity index (χ4v) is 4.29. The van der Waals surface area contributed by atoms with E-state index in [1.807, 2.05) is 24.3 Å². The number of likely N-dealkylation sites (tertiary alicyclic amines) is 1. The first-order valence-electron chi connectivity index (χ1n) is 8.26. The lowest BCUT2D eigenvalue weighted by atomic mass is 9.95. The average Bonchev–Trinajstić information content (AvgIpc) is 2.50. The summed E-state index contributed by atoms with van der Waals surface area (Å²) in [5, 5.41) is 10.9. The number of para-hydroxylation sites is 1. The van der Waals surface area contributed by atoms with Crippen LogP contribution in [0.3, 0.4) is 0 Å². The van der Waals surface area contributed by atoms with Crippen LogP contribution in [0.5, 0.6) is 0 Å². The van der Waals surface area contributed by atoms with Gasteiger partial charge in [0, 0.05) is 18.5 Å². The van der Waals surface area contributed by atoms with E-state index < -0.39 is 22.4 Å². The molecular weight excluding hydrogens is 354 g/mol. The number of carboxylic acid groups (broad SMARTS) is 1. The van der Waals surface area contributed by atoms with Crippen molar-refractivity contribution in [3.63, 3.8) is 0 Å². The monoisotopic (exact) mass is 375 g/mol. The van der Waals surface area contributed by atoms with Gasteiger partial charge >= 0.3 is 12.1 Å². The standard InChI is InChI=1S/C18H21N3O4S/c1-17(2,3)25-16(24)21-9-18(10-21,8-14(22)23)26-15-12-6-4-5-7-13(12)19-11-20-15/h4-7,11H,8-10H2,1-3H3,(H,22,23). The molecule has 138 valence electrons. The number of ether oxygens (including phenoxy) is 1. The molecule has 0 spiro atoms. The Balaban J connectivity index is 1.80. The van der Waals surface area contributed by atoms with Gasteiger partial charge in [0.2, 0.25) is 0 Å². The number of carbonyl (C=O) groups is 2. The highest BCUT2D eigenvalue weighted by atomic mass is 32.2. The number of rotatable bonds is 4. The lowest BCUT2D eigenvalue weighted by Gasteiger charge is -2.48. The Kier molecular flexibility index (Phi) is 4.79. The molecule has 1 saturated heterocycles. The zero-order valence-electron chi connectivity index (χ0n) is 14.9. The van der Waals surface area contributed by atoms with E-state index in [0.717, 1.165) is 15.9 Å². The molecule has 2 aromatic rings. The van der Waals surface area contributed by atoms with Gasteiger partial charge in [-0.15, -0.1) is 0 Å². The Bertz CT molecular complexity index is 838. The van der Waals surface area contributed by atoms with Crippen molar-refractivity contribution in [3.05, 3.63) is 30.6 Å². The van der Waals surface area contributed by atoms with Crippen molar-refractivity contribution in [2.75, 3.05) is 13.1 Å². The topological polar surface area (TPSA) is 92.6 Å². The minimum Gasteiger partial charge on any atom is -0.481 e. The molecule has 0 saturated carbocycles. The lowest BCUT2D eigenvalue weighted by Crippen LogP contribution is -2.62. The molecule has 0 radical (unpaired) electrons. The molecule has 1 fully saturated rings. The highest BCUT2D eigenvalue weighted by molar-refractivity contribution is 8.01. The molecule has 2 heterocycles. The van der Waals surface area contributed by atoms with Gasteiger partial charge < -0.3 is 14.7 Å². The number of aromatic nitrogens is 2. The molecule has 1 aliphatic rings. The van der Waals surface area contributed by atoms with Gasteiger partial charge in [0.05, 0.1) is 16.7 Å². The van der Waals surface area contributed by atoms with Gasteiger partial charge in [-0.1, -0.05) is 30.0 Å². The number of amides is 1. The van der Waals surface area contributed by atoms with Crippen LogP contribution in [0, 0.1) is 0 Å². The quantitative estimate of drug-likeness (QED) is 0.820. The molecule has 26 heavy (non-hydrogen) atoms. The van der Waals surface area contributed by atoms with Crippen molar-refractivity contribution < 1.29 is 19.4 Å². The molecule has 0 atom stereocenters. The third-order valence-electron chi connectivity index (χ3n) is 3.90. The molecular formula is C18H21N3O4S. The van der Waals surface area contributed by atoms with E-state index in [2.05, 4.69) is 9.97 Å². The van der Waals surface area contributed by atoms with Gasteiger partial charge in [-0.3, -0.25) is 4.79 Å². The molecule has 7 nitrogen and oxygen atoms in total. The van der Waals surface area contributed by atoms with Crippen molar-refractivity contribution in [3.8, 4) is 0 Å². The van der Waals surface area contributed by atoms with Crippen molar-refractivity contribution in [2.24, 2.45) is 0 Å². The number of fused-ring (bicyclic) bond motifs is 1. The molecule has 1 aromatic carbocycles. The van der Waals surface area contributed by atoms with Gasteiger partial charge in [0.25, 0.3) is 0 Å². The third kappa shape index (κ3) is 4.07. The van der Waals surface area contributed by atoms with Gasteiger partial charge in [-0.2, -0.15) is 0 Å². The number of thioether (sulfide) groups is 1. The molecule has 3 rings (SSSR count). The largest absolute Gasteiger partial charge is 0.481 e. The maximum Gasteiger partial charge on any atom is 0.410 e. The van der Waals surface area contributed by atoms with Crippen molar-refractivity contribution >= 4 is 34.7 Å². The highest BCUT2D eigenvalue weighted by Gasteiger charge is 2.49. The van der Waals surface area contributed by atoms with E-state index in [-0.39, 0.29) is 6.42 Å². The SMILES string of the molecule is CC(C)(C)OC(=O)N1CC(CC(=O)O)(Sc2ncnc3ccccc23)C1. The van der Waals surface area contributed by atoms with Gasteiger partial charge in [0.15, 0.2) is 0 Å². The lowest BCUT2D eigenvalue weighted by molar-refractivity contribution is -0.138. The number of hydrogen-bond acceptors (Lipinski definition) is 6. The van der Waals surface area contributed by atoms with E-state index >= 15 is 0 Å². The molecule has 0 unspecified atom stereocenters. The van der Waals surface area contributed by atoms with Crippen LogP contribution in [-0.4, -0.2) is 55.5 Å². The predicted molar refractivity (Wildman–Crippen MR) is 98.2 cm³/mol. The molecule has 1 N–H and O–H groups in total. The summed E-state index contributed by atoms with van der Waals surface area (Å²) in [7, 11) is 0. The fraction of sp³-hybridized carbons (Fsp3) is 0.444. The summed E-state index contributed by atoms with van der Waals surface area (Å²) in [6, 6.07) is 7.59. The average molecular weight is 375 g/mol. The second-order valence-corrected chi connectivity index (χ2v) is 8.84. The van der Waals surface area contributed by atoms with E-state index in [1.165, 1.54) is 23.0 Å². The van der Waals surface area contributed by atoms with E-state index in [9.17, 15) is 14.7 Å². The Labute approximate surface area is 155 Å². The number of nitrogens with zero attached hydrogens (tertiary/aromatic N) is 3. The zero-order valence-corrected chi connectivity index (χ0v) is 15.7. The van der Waals surface area contributed by atoms with Crippen molar-refractivity contribution in [1.29, 1.82) is 0 Å². The summed E-state index contributed by atoms with van der Waals surface area (Å²) >= 11 is 1.39. The normalized spacial score (nSPS) is 16.2. The maximum absolute atomic E-state index is 12.2. The van der Waals surface area contributed by atoms with Crippen LogP contribution in [0.1, 0.15) is 27.2 Å². The van der Waals surface area contributed by atoms with E-state index in [0.29, 0.717) is 13.1 Å². The summed E-state index contributed by atoms with van der Waals surface area (Å²) in [5.74, 6) is -0.903. The number of hydrogen-bond donors (Lipinski definition) is 1.